The van der Waals surface area contributed by atoms with Crippen LogP contribution in [0.2, 0.25) is 0 Å². The van der Waals surface area contributed by atoms with Gasteiger partial charge in [0, 0.05) is 19.5 Å². The summed E-state index contributed by atoms with van der Waals surface area (Å²) in [6.07, 6.45) is 0.639. The highest BCUT2D eigenvalue weighted by Crippen LogP contribution is 2.33. The molecular formula is C19H22N2O5S. The number of para-hydroxylation sites is 2. The normalized spacial score (nSPS) is 16.7. The Kier molecular flexibility index (Phi) is 5.55. The third-order valence-electron chi connectivity index (χ3n) is 4.32. The number of rotatable bonds is 5. The molecule has 1 N–H and O–H groups in total. The second-order valence-corrected chi connectivity index (χ2v) is 8.17. The second-order valence-electron chi connectivity index (χ2n) is 6.26. The summed E-state index contributed by atoms with van der Waals surface area (Å²) in [5.41, 5.74) is 1.38. The Morgan fingerprint density at radius 1 is 1.22 bits per heavy atom. The molecule has 2 aromatic carbocycles. The molecule has 2 aromatic rings. The summed E-state index contributed by atoms with van der Waals surface area (Å²) in [6, 6.07) is 14.2. The van der Waals surface area contributed by atoms with E-state index in [1.165, 1.54) is 4.31 Å². The largest absolute Gasteiger partial charge is 0.497 e. The van der Waals surface area contributed by atoms with E-state index in [1.807, 2.05) is 24.3 Å². The van der Waals surface area contributed by atoms with E-state index in [0.29, 0.717) is 18.0 Å². The fourth-order valence-corrected chi connectivity index (χ4v) is 3.85. The van der Waals surface area contributed by atoms with Crippen LogP contribution in [0.4, 0.5) is 5.69 Å². The standard InChI is InChI=1S/C19H22N2O5S/c1-25-15-9-7-14(8-10-15)13-20-19(22)18-11-12-21(27(2,23)24)16-5-3-4-6-17(16)26-18/h3-10,18H,11-13H2,1-2H3,(H,20,22)/t18-/m1/s1. The van der Waals surface area contributed by atoms with Crippen LogP contribution in [0.1, 0.15) is 12.0 Å². The monoisotopic (exact) mass is 390 g/mol. The lowest BCUT2D eigenvalue weighted by atomic mass is 10.2. The first-order valence-electron chi connectivity index (χ1n) is 8.52. The van der Waals surface area contributed by atoms with Gasteiger partial charge >= 0.3 is 0 Å². The first-order chi connectivity index (χ1) is 12.9. The average Bonchev–Trinajstić information content (AvgIpc) is 2.86. The van der Waals surface area contributed by atoms with Crippen molar-refractivity contribution in [2.45, 2.75) is 19.1 Å². The zero-order valence-corrected chi connectivity index (χ0v) is 16.0. The molecule has 1 aliphatic rings. The van der Waals surface area contributed by atoms with Crippen LogP contribution < -0.4 is 19.1 Å². The molecule has 8 heteroatoms. The van der Waals surface area contributed by atoms with Crippen molar-refractivity contribution in [1.29, 1.82) is 0 Å². The maximum atomic E-state index is 12.6. The van der Waals surface area contributed by atoms with Gasteiger partial charge in [0.15, 0.2) is 6.10 Å². The van der Waals surface area contributed by atoms with Gasteiger partial charge in [0.2, 0.25) is 10.0 Å². The van der Waals surface area contributed by atoms with Crippen LogP contribution in [0, 0.1) is 0 Å². The van der Waals surface area contributed by atoms with Gasteiger partial charge in [-0.1, -0.05) is 24.3 Å². The van der Waals surface area contributed by atoms with Crippen LogP contribution in [-0.2, 0) is 21.4 Å². The van der Waals surface area contributed by atoms with E-state index in [2.05, 4.69) is 5.32 Å². The van der Waals surface area contributed by atoms with Gasteiger partial charge in [-0.25, -0.2) is 8.42 Å². The van der Waals surface area contributed by atoms with Crippen LogP contribution in [0.15, 0.2) is 48.5 Å². The summed E-state index contributed by atoms with van der Waals surface area (Å²) in [4.78, 5) is 12.6. The summed E-state index contributed by atoms with van der Waals surface area (Å²) in [5.74, 6) is 0.843. The lowest BCUT2D eigenvalue weighted by molar-refractivity contribution is -0.128. The number of anilines is 1. The van der Waals surface area contributed by atoms with Crippen LogP contribution >= 0.6 is 0 Å². The zero-order valence-electron chi connectivity index (χ0n) is 15.2. The molecule has 144 valence electrons. The Morgan fingerprint density at radius 3 is 2.59 bits per heavy atom. The molecule has 0 spiro atoms. The number of methoxy groups -OCH3 is 1. The number of fused-ring (bicyclic) bond motifs is 1. The minimum Gasteiger partial charge on any atom is -0.497 e. The molecule has 0 radical (unpaired) electrons. The number of carbonyl (C=O) groups is 1. The van der Waals surface area contributed by atoms with Crippen LogP contribution in [-0.4, -0.2) is 40.3 Å². The first kappa shape index (κ1) is 19.0. The fourth-order valence-electron chi connectivity index (χ4n) is 2.91. The average molecular weight is 390 g/mol. The topological polar surface area (TPSA) is 84.9 Å². The third kappa shape index (κ3) is 4.51. The quantitative estimate of drug-likeness (QED) is 0.843. The van der Waals surface area contributed by atoms with E-state index in [1.54, 1.807) is 31.4 Å². The van der Waals surface area contributed by atoms with Crippen molar-refractivity contribution in [3.8, 4) is 11.5 Å². The number of amides is 1. The minimum absolute atomic E-state index is 0.177. The summed E-state index contributed by atoms with van der Waals surface area (Å²) in [5, 5.41) is 2.85. The third-order valence-corrected chi connectivity index (χ3v) is 5.50. The Labute approximate surface area is 158 Å². The fraction of sp³-hybridized carbons (Fsp3) is 0.316. The van der Waals surface area contributed by atoms with Gasteiger partial charge < -0.3 is 14.8 Å². The predicted octanol–water partition coefficient (Wildman–Crippen LogP) is 1.93. The molecule has 27 heavy (non-hydrogen) atoms. The molecule has 1 atom stereocenters. The highest BCUT2D eigenvalue weighted by Gasteiger charge is 2.30. The number of sulfonamides is 1. The van der Waals surface area contributed by atoms with Gasteiger partial charge in [-0.05, 0) is 29.8 Å². The van der Waals surface area contributed by atoms with Crippen molar-refractivity contribution in [3.63, 3.8) is 0 Å². The minimum atomic E-state index is -3.46. The van der Waals surface area contributed by atoms with Crippen molar-refractivity contribution in [2.75, 3.05) is 24.2 Å². The SMILES string of the molecule is COc1ccc(CNC(=O)[C@H]2CCN(S(C)(=O)=O)c3ccccc3O2)cc1. The first-order valence-corrected chi connectivity index (χ1v) is 10.4. The lowest BCUT2D eigenvalue weighted by Crippen LogP contribution is -2.39. The number of hydrogen-bond donors (Lipinski definition) is 1. The molecular weight excluding hydrogens is 368 g/mol. The van der Waals surface area contributed by atoms with Gasteiger partial charge in [0.05, 0.1) is 19.1 Å². The van der Waals surface area contributed by atoms with Gasteiger partial charge in [-0.3, -0.25) is 9.10 Å². The number of nitrogens with zero attached hydrogens (tertiary/aromatic N) is 1. The molecule has 1 aliphatic heterocycles. The van der Waals surface area contributed by atoms with Crippen LogP contribution in [0.3, 0.4) is 0 Å². The molecule has 1 amide bonds. The predicted molar refractivity (Wildman–Crippen MR) is 103 cm³/mol. The van der Waals surface area contributed by atoms with Gasteiger partial charge in [0.25, 0.3) is 5.91 Å². The Hall–Kier alpha value is -2.74. The molecule has 0 saturated heterocycles. The Bertz CT molecular complexity index is 912. The second kappa shape index (κ2) is 7.87. The van der Waals surface area contributed by atoms with Crippen molar-refractivity contribution >= 4 is 21.6 Å². The van der Waals surface area contributed by atoms with Crippen LogP contribution in [0.25, 0.3) is 0 Å². The van der Waals surface area contributed by atoms with Gasteiger partial charge in [-0.15, -0.1) is 0 Å². The summed E-state index contributed by atoms with van der Waals surface area (Å²) in [7, 11) is -1.87. The highest BCUT2D eigenvalue weighted by molar-refractivity contribution is 7.92. The van der Waals surface area contributed by atoms with Gasteiger partial charge in [0.1, 0.15) is 11.5 Å². The molecule has 0 aromatic heterocycles. The maximum Gasteiger partial charge on any atom is 0.261 e. The van der Waals surface area contributed by atoms with Crippen molar-refractivity contribution in [1.82, 2.24) is 5.32 Å². The van der Waals surface area contributed by atoms with E-state index in [-0.39, 0.29) is 18.9 Å². The van der Waals surface area contributed by atoms with E-state index < -0.39 is 16.1 Å². The molecule has 0 bridgehead atoms. The maximum absolute atomic E-state index is 12.6. The van der Waals surface area contributed by atoms with E-state index >= 15 is 0 Å². The number of ether oxygens (including phenoxy) is 2. The van der Waals surface area contributed by atoms with Crippen molar-refractivity contribution in [2.24, 2.45) is 0 Å². The summed E-state index contributed by atoms with van der Waals surface area (Å²) in [6.45, 7) is 0.524. The molecule has 3 rings (SSSR count). The van der Waals surface area contributed by atoms with E-state index in [0.717, 1.165) is 17.6 Å². The summed E-state index contributed by atoms with van der Waals surface area (Å²) >= 11 is 0. The van der Waals surface area contributed by atoms with E-state index in [9.17, 15) is 13.2 Å². The zero-order chi connectivity index (χ0) is 19.4. The Balaban J connectivity index is 1.71. The molecule has 0 unspecified atom stereocenters. The number of nitrogens with one attached hydrogen (secondary N) is 1. The van der Waals surface area contributed by atoms with Crippen molar-refractivity contribution in [3.05, 3.63) is 54.1 Å². The molecule has 0 aliphatic carbocycles. The number of benzene rings is 2. The van der Waals surface area contributed by atoms with Crippen molar-refractivity contribution < 1.29 is 22.7 Å². The summed E-state index contributed by atoms with van der Waals surface area (Å²) < 4.78 is 36.4. The molecule has 7 nitrogen and oxygen atoms in total. The van der Waals surface area contributed by atoms with Gasteiger partial charge in [-0.2, -0.15) is 0 Å². The van der Waals surface area contributed by atoms with E-state index in [4.69, 9.17) is 9.47 Å². The smallest absolute Gasteiger partial charge is 0.261 e. The van der Waals surface area contributed by atoms with Crippen LogP contribution in [0.5, 0.6) is 11.5 Å². The molecule has 1 heterocycles. The number of hydrogen-bond acceptors (Lipinski definition) is 5. The molecule has 0 saturated carbocycles. The number of carbonyl (C=O) groups excluding carboxylic acids is 1. The lowest BCUT2D eigenvalue weighted by Gasteiger charge is -2.20. The highest BCUT2D eigenvalue weighted by atomic mass is 32.2. The molecule has 0 fully saturated rings. The Morgan fingerprint density at radius 2 is 1.93 bits per heavy atom.